The molecule has 0 radical (unpaired) electrons. The quantitative estimate of drug-likeness (QED) is 0.804. The highest BCUT2D eigenvalue weighted by Gasteiger charge is 2.26. The molecule has 0 aliphatic carbocycles. The monoisotopic (exact) mass is 372 g/mol. The van der Waals surface area contributed by atoms with Crippen LogP contribution in [0, 0.1) is 6.92 Å². The van der Waals surface area contributed by atoms with Gasteiger partial charge in [-0.3, -0.25) is 9.59 Å². The second-order valence-electron chi connectivity index (χ2n) is 6.32. The fraction of sp³-hybridized carbons (Fsp3) is 0.333. The average Bonchev–Trinajstić information content (AvgIpc) is 2.62. The SMILES string of the molecule is CCNC(=O)[C@@H](C)N(Cc1ccccc1C)C(=O)Cc1ccc(Cl)cc1. The number of hydrogen-bond acceptors (Lipinski definition) is 2. The molecule has 0 bridgehead atoms. The summed E-state index contributed by atoms with van der Waals surface area (Å²) in [6, 6.07) is 14.6. The first-order valence-corrected chi connectivity index (χ1v) is 9.16. The van der Waals surface area contributed by atoms with E-state index in [1.807, 2.05) is 50.2 Å². The molecule has 5 heteroatoms. The minimum Gasteiger partial charge on any atom is -0.355 e. The number of nitrogens with one attached hydrogen (secondary N) is 1. The minimum absolute atomic E-state index is 0.0886. The first-order chi connectivity index (χ1) is 12.4. The van der Waals surface area contributed by atoms with E-state index < -0.39 is 6.04 Å². The number of aryl methyl sites for hydroxylation is 1. The molecule has 26 heavy (non-hydrogen) atoms. The van der Waals surface area contributed by atoms with Crippen molar-refractivity contribution in [2.24, 2.45) is 0 Å². The fourth-order valence-electron chi connectivity index (χ4n) is 2.75. The first kappa shape index (κ1) is 20.0. The van der Waals surface area contributed by atoms with E-state index in [4.69, 9.17) is 11.6 Å². The third-order valence-electron chi connectivity index (χ3n) is 4.39. The summed E-state index contributed by atoms with van der Waals surface area (Å²) in [6.07, 6.45) is 0.229. The summed E-state index contributed by atoms with van der Waals surface area (Å²) in [5, 5.41) is 3.44. The number of likely N-dealkylation sites (N-methyl/N-ethyl adjacent to an activating group) is 1. The summed E-state index contributed by atoms with van der Waals surface area (Å²) in [5.41, 5.74) is 3.00. The van der Waals surface area contributed by atoms with Crippen LogP contribution in [0.2, 0.25) is 5.02 Å². The molecule has 0 aliphatic heterocycles. The molecule has 4 nitrogen and oxygen atoms in total. The molecule has 2 amide bonds. The highest BCUT2D eigenvalue weighted by atomic mass is 35.5. The molecule has 0 aliphatic rings. The predicted octanol–water partition coefficient (Wildman–Crippen LogP) is 3.74. The molecule has 0 unspecified atom stereocenters. The van der Waals surface area contributed by atoms with Crippen molar-refractivity contribution in [3.8, 4) is 0 Å². The van der Waals surface area contributed by atoms with E-state index in [0.29, 0.717) is 18.1 Å². The Kier molecular flexibility index (Phi) is 7.22. The van der Waals surface area contributed by atoms with Crippen LogP contribution in [0.5, 0.6) is 0 Å². The van der Waals surface area contributed by atoms with Crippen LogP contribution in [0.1, 0.15) is 30.5 Å². The molecule has 0 fully saturated rings. The van der Waals surface area contributed by atoms with Crippen LogP contribution in [0.15, 0.2) is 48.5 Å². The third kappa shape index (κ3) is 5.33. The Morgan fingerprint density at radius 2 is 1.77 bits per heavy atom. The minimum atomic E-state index is -0.547. The highest BCUT2D eigenvalue weighted by Crippen LogP contribution is 2.16. The number of amides is 2. The fourth-order valence-corrected chi connectivity index (χ4v) is 2.88. The molecule has 0 spiro atoms. The van der Waals surface area contributed by atoms with Crippen molar-refractivity contribution in [2.75, 3.05) is 6.54 Å². The van der Waals surface area contributed by atoms with Crippen LogP contribution in [0.25, 0.3) is 0 Å². The van der Waals surface area contributed by atoms with E-state index >= 15 is 0 Å². The van der Waals surface area contributed by atoms with Gasteiger partial charge in [-0.1, -0.05) is 48.0 Å². The summed E-state index contributed by atoms with van der Waals surface area (Å²) < 4.78 is 0. The van der Waals surface area contributed by atoms with Crippen molar-refractivity contribution in [2.45, 2.75) is 39.8 Å². The maximum Gasteiger partial charge on any atom is 0.242 e. The smallest absolute Gasteiger partial charge is 0.242 e. The first-order valence-electron chi connectivity index (χ1n) is 8.78. The van der Waals surface area contributed by atoms with Gasteiger partial charge in [-0.15, -0.1) is 0 Å². The standard InChI is InChI=1S/C21H25ClN2O2/c1-4-23-21(26)16(3)24(14-18-8-6-5-7-15(18)2)20(25)13-17-9-11-19(22)12-10-17/h5-12,16H,4,13-14H2,1-3H3,(H,23,26)/t16-/m1/s1. The molecule has 0 aromatic heterocycles. The zero-order chi connectivity index (χ0) is 19.1. The Balaban J connectivity index is 2.23. The topological polar surface area (TPSA) is 49.4 Å². The van der Waals surface area contributed by atoms with Gasteiger partial charge >= 0.3 is 0 Å². The summed E-state index contributed by atoms with van der Waals surface area (Å²) in [6.45, 7) is 6.58. The molecule has 2 rings (SSSR count). The summed E-state index contributed by atoms with van der Waals surface area (Å²) in [7, 11) is 0. The van der Waals surface area contributed by atoms with Crippen molar-refractivity contribution < 1.29 is 9.59 Å². The van der Waals surface area contributed by atoms with E-state index in [1.54, 1.807) is 24.0 Å². The van der Waals surface area contributed by atoms with Gasteiger partial charge in [0.15, 0.2) is 0 Å². The maximum atomic E-state index is 13.0. The zero-order valence-corrected chi connectivity index (χ0v) is 16.2. The number of benzene rings is 2. The van der Waals surface area contributed by atoms with Gasteiger partial charge in [0.05, 0.1) is 6.42 Å². The van der Waals surface area contributed by atoms with Gasteiger partial charge in [-0.25, -0.2) is 0 Å². The second kappa shape index (κ2) is 9.39. The Bertz CT molecular complexity index is 759. The predicted molar refractivity (Wildman–Crippen MR) is 105 cm³/mol. The Morgan fingerprint density at radius 3 is 2.38 bits per heavy atom. The highest BCUT2D eigenvalue weighted by molar-refractivity contribution is 6.30. The summed E-state index contributed by atoms with van der Waals surface area (Å²) >= 11 is 5.91. The zero-order valence-electron chi connectivity index (χ0n) is 15.5. The van der Waals surface area contributed by atoms with Crippen LogP contribution in [-0.4, -0.2) is 29.3 Å². The largest absolute Gasteiger partial charge is 0.355 e. The lowest BCUT2D eigenvalue weighted by Crippen LogP contribution is -2.48. The van der Waals surface area contributed by atoms with Crippen molar-refractivity contribution in [1.82, 2.24) is 10.2 Å². The van der Waals surface area contributed by atoms with E-state index in [9.17, 15) is 9.59 Å². The molecule has 2 aromatic carbocycles. The normalized spacial score (nSPS) is 11.7. The van der Waals surface area contributed by atoms with Gasteiger partial charge < -0.3 is 10.2 Å². The van der Waals surface area contributed by atoms with Crippen LogP contribution < -0.4 is 5.32 Å². The lowest BCUT2D eigenvalue weighted by Gasteiger charge is -2.29. The summed E-state index contributed by atoms with van der Waals surface area (Å²) in [5.74, 6) is -0.236. The van der Waals surface area contributed by atoms with Crippen LogP contribution in [0.3, 0.4) is 0 Å². The lowest BCUT2D eigenvalue weighted by molar-refractivity contribution is -0.140. The second-order valence-corrected chi connectivity index (χ2v) is 6.76. The Hall–Kier alpha value is -2.33. The van der Waals surface area contributed by atoms with Crippen LogP contribution >= 0.6 is 11.6 Å². The molecule has 0 saturated carbocycles. The third-order valence-corrected chi connectivity index (χ3v) is 4.64. The van der Waals surface area contributed by atoms with Crippen molar-refractivity contribution >= 4 is 23.4 Å². The summed E-state index contributed by atoms with van der Waals surface area (Å²) in [4.78, 5) is 27.0. The Labute approximate surface area is 160 Å². The molecule has 138 valence electrons. The molecule has 1 atom stereocenters. The number of hydrogen-bond donors (Lipinski definition) is 1. The van der Waals surface area contributed by atoms with Gasteiger partial charge in [0, 0.05) is 18.1 Å². The number of nitrogens with zero attached hydrogens (tertiary/aromatic N) is 1. The maximum absolute atomic E-state index is 13.0. The molecular weight excluding hydrogens is 348 g/mol. The van der Waals surface area contributed by atoms with Gasteiger partial charge in [0.1, 0.15) is 6.04 Å². The van der Waals surface area contributed by atoms with Crippen molar-refractivity contribution in [1.29, 1.82) is 0 Å². The molecule has 2 aromatic rings. The van der Waals surface area contributed by atoms with E-state index in [2.05, 4.69) is 5.32 Å². The van der Waals surface area contributed by atoms with Crippen LogP contribution in [0.4, 0.5) is 0 Å². The number of carbonyl (C=O) groups is 2. The number of halogens is 1. The van der Waals surface area contributed by atoms with Gasteiger partial charge in [-0.2, -0.15) is 0 Å². The van der Waals surface area contributed by atoms with Gasteiger partial charge in [-0.05, 0) is 49.6 Å². The van der Waals surface area contributed by atoms with E-state index in [1.165, 1.54) is 0 Å². The van der Waals surface area contributed by atoms with Gasteiger partial charge in [0.2, 0.25) is 11.8 Å². The van der Waals surface area contributed by atoms with E-state index in [0.717, 1.165) is 16.7 Å². The van der Waals surface area contributed by atoms with Crippen molar-refractivity contribution in [3.05, 3.63) is 70.2 Å². The number of rotatable bonds is 7. The molecule has 1 N–H and O–H groups in total. The molecule has 0 saturated heterocycles. The Morgan fingerprint density at radius 1 is 1.12 bits per heavy atom. The lowest BCUT2D eigenvalue weighted by atomic mass is 10.1. The van der Waals surface area contributed by atoms with Crippen LogP contribution in [-0.2, 0) is 22.6 Å². The average molecular weight is 373 g/mol. The molecule has 0 heterocycles. The number of carbonyl (C=O) groups excluding carboxylic acids is 2. The van der Waals surface area contributed by atoms with Gasteiger partial charge in [0.25, 0.3) is 0 Å². The van der Waals surface area contributed by atoms with Crippen molar-refractivity contribution in [3.63, 3.8) is 0 Å². The molecular formula is C21H25ClN2O2. The van der Waals surface area contributed by atoms with E-state index in [-0.39, 0.29) is 18.2 Å².